The Kier molecular flexibility index (Phi) is 4.85. The molecule has 27 heavy (non-hydrogen) atoms. The van der Waals surface area contributed by atoms with E-state index in [0.717, 1.165) is 27.2 Å². The van der Waals surface area contributed by atoms with Crippen LogP contribution in [-0.4, -0.2) is 28.4 Å². The number of nitrogens with one attached hydrogen (secondary N) is 1. The predicted octanol–water partition coefficient (Wildman–Crippen LogP) is 3.64. The van der Waals surface area contributed by atoms with Gasteiger partial charge in [-0.05, 0) is 37.6 Å². The van der Waals surface area contributed by atoms with Crippen LogP contribution in [0, 0.1) is 6.92 Å². The molecule has 1 aliphatic heterocycles. The molecule has 1 amide bonds. The second kappa shape index (κ2) is 7.44. The van der Waals surface area contributed by atoms with Gasteiger partial charge in [-0.2, -0.15) is 0 Å². The van der Waals surface area contributed by atoms with Crippen LogP contribution in [0.15, 0.2) is 47.5 Å². The number of benzene rings is 2. The molecule has 2 heterocycles. The highest BCUT2D eigenvalue weighted by Gasteiger charge is 2.17. The lowest BCUT2D eigenvalue weighted by molar-refractivity contribution is -0.119. The van der Waals surface area contributed by atoms with Gasteiger partial charge in [0.2, 0.25) is 12.7 Å². The largest absolute Gasteiger partial charge is 0.454 e. The second-order valence-electron chi connectivity index (χ2n) is 6.28. The summed E-state index contributed by atoms with van der Waals surface area (Å²) in [4.78, 5) is 21.3. The normalized spacial score (nSPS) is 13.6. The van der Waals surface area contributed by atoms with E-state index in [9.17, 15) is 4.79 Å². The Morgan fingerprint density at radius 1 is 1.19 bits per heavy atom. The van der Waals surface area contributed by atoms with Crippen molar-refractivity contribution in [2.45, 2.75) is 24.9 Å². The number of rotatable bonds is 5. The Hall–Kier alpha value is -2.80. The molecule has 138 valence electrons. The zero-order valence-corrected chi connectivity index (χ0v) is 15.9. The Morgan fingerprint density at radius 2 is 2.00 bits per heavy atom. The van der Waals surface area contributed by atoms with Gasteiger partial charge in [0, 0.05) is 5.39 Å². The maximum absolute atomic E-state index is 12.4. The number of carbonyl (C=O) groups excluding carboxylic acids is 1. The minimum atomic E-state index is -0.128. The molecule has 1 aliphatic rings. The molecular weight excluding hydrogens is 362 g/mol. The van der Waals surface area contributed by atoms with Gasteiger partial charge in [-0.25, -0.2) is 9.97 Å². The number of nitrogens with zero attached hydrogens (tertiary/aromatic N) is 2. The van der Waals surface area contributed by atoms with Crippen LogP contribution < -0.4 is 14.8 Å². The van der Waals surface area contributed by atoms with Crippen molar-refractivity contribution in [1.82, 2.24) is 15.3 Å². The van der Waals surface area contributed by atoms with Crippen LogP contribution in [0.4, 0.5) is 0 Å². The Labute approximate surface area is 161 Å². The fraction of sp³-hybridized carbons (Fsp3) is 0.250. The summed E-state index contributed by atoms with van der Waals surface area (Å²) in [7, 11) is 0. The Morgan fingerprint density at radius 3 is 2.89 bits per heavy atom. The zero-order valence-electron chi connectivity index (χ0n) is 15.1. The molecule has 0 aliphatic carbocycles. The summed E-state index contributed by atoms with van der Waals surface area (Å²) in [6.45, 7) is 4.05. The van der Waals surface area contributed by atoms with Crippen LogP contribution in [0.1, 0.15) is 24.4 Å². The summed E-state index contributed by atoms with van der Waals surface area (Å²) in [5, 5.41) is 4.81. The first-order valence-electron chi connectivity index (χ1n) is 8.65. The number of carbonyl (C=O) groups is 1. The van der Waals surface area contributed by atoms with E-state index >= 15 is 0 Å². The number of aromatic nitrogens is 2. The van der Waals surface area contributed by atoms with E-state index in [1.165, 1.54) is 11.8 Å². The SMILES string of the molecule is Cc1nc(SCC(=O)N[C@@H](C)c2ccc3c(c2)OCO3)c2ccccc2n1. The number of aryl methyl sites for hydroxylation is 1. The highest BCUT2D eigenvalue weighted by Crippen LogP contribution is 2.34. The van der Waals surface area contributed by atoms with E-state index < -0.39 is 0 Å². The van der Waals surface area contributed by atoms with Gasteiger partial charge >= 0.3 is 0 Å². The molecule has 6 nitrogen and oxygen atoms in total. The zero-order chi connectivity index (χ0) is 18.8. The van der Waals surface area contributed by atoms with Crippen LogP contribution in [-0.2, 0) is 4.79 Å². The lowest BCUT2D eigenvalue weighted by atomic mass is 10.1. The fourth-order valence-corrected chi connectivity index (χ4v) is 3.83. The van der Waals surface area contributed by atoms with Gasteiger partial charge in [-0.15, -0.1) is 0 Å². The van der Waals surface area contributed by atoms with Crippen LogP contribution >= 0.6 is 11.8 Å². The fourth-order valence-electron chi connectivity index (χ4n) is 2.95. The van der Waals surface area contributed by atoms with Crippen molar-refractivity contribution in [1.29, 1.82) is 0 Å². The predicted molar refractivity (Wildman–Crippen MR) is 104 cm³/mol. The molecule has 7 heteroatoms. The summed E-state index contributed by atoms with van der Waals surface area (Å²) >= 11 is 1.42. The highest BCUT2D eigenvalue weighted by molar-refractivity contribution is 8.00. The number of hydrogen-bond donors (Lipinski definition) is 1. The average molecular weight is 381 g/mol. The van der Waals surface area contributed by atoms with Crippen molar-refractivity contribution in [3.63, 3.8) is 0 Å². The minimum absolute atomic E-state index is 0.0505. The molecule has 3 aromatic rings. The van der Waals surface area contributed by atoms with E-state index in [-0.39, 0.29) is 24.5 Å². The Balaban J connectivity index is 1.41. The van der Waals surface area contributed by atoms with Crippen LogP contribution in [0.2, 0.25) is 0 Å². The first-order valence-corrected chi connectivity index (χ1v) is 9.64. The number of ether oxygens (including phenoxy) is 2. The molecule has 0 unspecified atom stereocenters. The summed E-state index contributed by atoms with van der Waals surface area (Å²) in [6, 6.07) is 13.4. The summed E-state index contributed by atoms with van der Waals surface area (Å²) in [5.41, 5.74) is 1.86. The van der Waals surface area contributed by atoms with Crippen molar-refractivity contribution in [2.75, 3.05) is 12.5 Å². The van der Waals surface area contributed by atoms with E-state index in [0.29, 0.717) is 11.6 Å². The highest BCUT2D eigenvalue weighted by atomic mass is 32.2. The summed E-state index contributed by atoms with van der Waals surface area (Å²) < 4.78 is 10.7. The van der Waals surface area contributed by atoms with Gasteiger partial charge in [0.05, 0.1) is 17.3 Å². The van der Waals surface area contributed by atoms with Gasteiger partial charge in [0.15, 0.2) is 11.5 Å². The molecular formula is C20H19N3O3S. The number of fused-ring (bicyclic) bond motifs is 2. The minimum Gasteiger partial charge on any atom is -0.454 e. The Bertz CT molecular complexity index is 1010. The standard InChI is InChI=1S/C20H19N3O3S/c1-12(14-7-8-17-18(9-14)26-11-25-17)21-19(24)10-27-20-15-5-3-4-6-16(15)22-13(2)23-20/h3-9,12H,10-11H2,1-2H3,(H,21,24)/t12-/m0/s1. The third-order valence-electron chi connectivity index (χ3n) is 4.29. The van der Waals surface area contributed by atoms with Gasteiger partial charge in [-0.3, -0.25) is 4.79 Å². The first kappa shape index (κ1) is 17.6. The molecule has 0 bridgehead atoms. The third kappa shape index (κ3) is 3.83. The maximum atomic E-state index is 12.4. The summed E-state index contributed by atoms with van der Waals surface area (Å²) in [6.07, 6.45) is 0. The maximum Gasteiger partial charge on any atom is 0.231 e. The smallest absolute Gasteiger partial charge is 0.231 e. The third-order valence-corrected chi connectivity index (χ3v) is 5.29. The van der Waals surface area contributed by atoms with Gasteiger partial charge in [-0.1, -0.05) is 36.0 Å². The number of hydrogen-bond acceptors (Lipinski definition) is 6. The van der Waals surface area contributed by atoms with Crippen LogP contribution in [0.3, 0.4) is 0 Å². The first-order chi connectivity index (χ1) is 13.1. The molecule has 1 N–H and O–H groups in total. The quantitative estimate of drug-likeness (QED) is 0.537. The number of amides is 1. The lowest BCUT2D eigenvalue weighted by Crippen LogP contribution is -2.28. The van der Waals surface area contributed by atoms with Gasteiger partial charge in [0.1, 0.15) is 10.9 Å². The molecule has 2 aromatic carbocycles. The molecule has 0 saturated carbocycles. The molecule has 0 spiro atoms. The monoisotopic (exact) mass is 381 g/mol. The van der Waals surface area contributed by atoms with Gasteiger partial charge < -0.3 is 14.8 Å². The molecule has 4 rings (SSSR count). The second-order valence-corrected chi connectivity index (χ2v) is 7.25. The van der Waals surface area contributed by atoms with Crippen LogP contribution in [0.5, 0.6) is 11.5 Å². The van der Waals surface area contributed by atoms with Crippen molar-refractivity contribution < 1.29 is 14.3 Å². The number of para-hydroxylation sites is 1. The molecule has 0 fully saturated rings. The lowest BCUT2D eigenvalue weighted by Gasteiger charge is -2.15. The van der Waals surface area contributed by atoms with Gasteiger partial charge in [0.25, 0.3) is 0 Å². The van der Waals surface area contributed by atoms with E-state index in [1.807, 2.05) is 56.3 Å². The average Bonchev–Trinajstić information content (AvgIpc) is 3.13. The van der Waals surface area contributed by atoms with Crippen LogP contribution in [0.25, 0.3) is 10.9 Å². The van der Waals surface area contributed by atoms with Crippen molar-refractivity contribution >= 4 is 28.6 Å². The summed E-state index contributed by atoms with van der Waals surface area (Å²) in [5.74, 6) is 2.38. The van der Waals surface area contributed by atoms with Crippen molar-refractivity contribution in [3.05, 3.63) is 53.9 Å². The number of thioether (sulfide) groups is 1. The van der Waals surface area contributed by atoms with E-state index in [2.05, 4.69) is 15.3 Å². The molecule has 0 saturated heterocycles. The van der Waals surface area contributed by atoms with Crippen molar-refractivity contribution in [3.8, 4) is 11.5 Å². The molecule has 0 radical (unpaired) electrons. The molecule has 1 aromatic heterocycles. The topological polar surface area (TPSA) is 73.3 Å². The van der Waals surface area contributed by atoms with Crippen molar-refractivity contribution in [2.24, 2.45) is 0 Å². The van der Waals surface area contributed by atoms with E-state index in [1.54, 1.807) is 0 Å². The molecule has 1 atom stereocenters. The van der Waals surface area contributed by atoms with E-state index in [4.69, 9.17) is 9.47 Å².